The highest BCUT2D eigenvalue weighted by molar-refractivity contribution is 6.49. The summed E-state index contributed by atoms with van der Waals surface area (Å²) in [5.41, 5.74) is -1.21. The first-order valence-corrected chi connectivity index (χ1v) is 10.7. The van der Waals surface area contributed by atoms with Gasteiger partial charge in [-0.2, -0.15) is 0 Å². The van der Waals surface area contributed by atoms with E-state index in [4.69, 9.17) is 18.6 Å². The maximum Gasteiger partial charge on any atom is 0.461 e. The van der Waals surface area contributed by atoms with Gasteiger partial charge in [0.2, 0.25) is 0 Å². The lowest BCUT2D eigenvalue weighted by Gasteiger charge is -2.32. The number of rotatable bonds is 6. The van der Waals surface area contributed by atoms with E-state index in [1.54, 1.807) is 0 Å². The first-order valence-electron chi connectivity index (χ1n) is 10.7. The van der Waals surface area contributed by atoms with Gasteiger partial charge in [-0.1, -0.05) is 34.1 Å². The fraction of sp³-hybridized carbons (Fsp3) is 1.00. The molecule has 0 radical (unpaired) electrons. The summed E-state index contributed by atoms with van der Waals surface area (Å²) in [5.74, 6) is 1.47. The zero-order valence-electron chi connectivity index (χ0n) is 19.8. The highest BCUT2D eigenvalue weighted by atomic mass is 16.7. The van der Waals surface area contributed by atoms with Crippen molar-refractivity contribution in [2.24, 2.45) is 11.8 Å². The van der Waals surface area contributed by atoms with E-state index in [1.165, 1.54) is 0 Å². The third-order valence-corrected chi connectivity index (χ3v) is 7.50. The Morgan fingerprint density at radius 1 is 0.519 bits per heavy atom. The summed E-state index contributed by atoms with van der Waals surface area (Å²) in [6, 6.07) is 0. The Labute approximate surface area is 168 Å². The Balaban J connectivity index is 2.21. The predicted molar refractivity (Wildman–Crippen MR) is 114 cm³/mol. The summed E-state index contributed by atoms with van der Waals surface area (Å²) in [5, 5.41) is 0. The Kier molecular flexibility index (Phi) is 6.32. The van der Waals surface area contributed by atoms with Crippen LogP contribution in [0.2, 0.25) is 11.6 Å². The van der Waals surface area contributed by atoms with Crippen LogP contribution in [0.15, 0.2) is 0 Å². The highest BCUT2D eigenvalue weighted by Crippen LogP contribution is 2.48. The quantitative estimate of drug-likeness (QED) is 0.561. The molecule has 2 fully saturated rings. The lowest BCUT2D eigenvalue weighted by molar-refractivity contribution is 0.00578. The molecule has 0 aliphatic carbocycles. The van der Waals surface area contributed by atoms with Crippen molar-refractivity contribution in [3.63, 3.8) is 0 Å². The molecular weight excluding hydrogens is 338 g/mol. The molecule has 0 N–H and O–H groups in total. The second-order valence-electron chi connectivity index (χ2n) is 11.3. The van der Waals surface area contributed by atoms with Crippen LogP contribution in [-0.4, -0.2) is 36.6 Å². The zero-order valence-corrected chi connectivity index (χ0v) is 19.8. The summed E-state index contributed by atoms with van der Waals surface area (Å²) < 4.78 is 25.6. The minimum absolute atomic E-state index is 0.196. The van der Waals surface area contributed by atoms with Crippen LogP contribution >= 0.6 is 0 Å². The molecule has 4 nitrogen and oxygen atoms in total. The predicted octanol–water partition coefficient (Wildman–Crippen LogP) is 5.61. The first-order chi connectivity index (χ1) is 12.0. The molecule has 0 amide bonds. The second kappa shape index (κ2) is 7.34. The van der Waals surface area contributed by atoms with Crippen LogP contribution in [0.25, 0.3) is 0 Å². The van der Waals surface area contributed by atoms with Gasteiger partial charge >= 0.3 is 14.2 Å². The highest BCUT2D eigenvalue weighted by Gasteiger charge is 2.57. The van der Waals surface area contributed by atoms with Gasteiger partial charge < -0.3 is 18.6 Å². The molecule has 2 atom stereocenters. The molecule has 2 heterocycles. The normalized spacial score (nSPS) is 28.2. The topological polar surface area (TPSA) is 36.9 Å². The summed E-state index contributed by atoms with van der Waals surface area (Å²) in [7, 11) is -0.391. The van der Waals surface area contributed by atoms with Crippen molar-refractivity contribution in [2.45, 2.75) is 124 Å². The van der Waals surface area contributed by atoms with Crippen LogP contribution in [0.1, 0.15) is 89.5 Å². The van der Waals surface area contributed by atoms with E-state index in [2.05, 4.69) is 83.1 Å². The Bertz CT molecular complexity index is 450. The molecule has 0 bridgehead atoms. The second-order valence-corrected chi connectivity index (χ2v) is 11.3. The Morgan fingerprint density at radius 3 is 0.926 bits per heavy atom. The van der Waals surface area contributed by atoms with E-state index in [1.807, 2.05) is 0 Å². The van der Waals surface area contributed by atoms with Gasteiger partial charge in [-0.15, -0.1) is 0 Å². The van der Waals surface area contributed by atoms with E-state index in [0.29, 0.717) is 11.8 Å². The average molecular weight is 380 g/mol. The largest absolute Gasteiger partial charge is 0.461 e. The Morgan fingerprint density at radius 2 is 0.741 bits per heavy atom. The van der Waals surface area contributed by atoms with Crippen molar-refractivity contribution < 1.29 is 18.6 Å². The molecular formula is C21H42B2O4. The minimum Gasteiger partial charge on any atom is -0.403 e. The van der Waals surface area contributed by atoms with Crippen LogP contribution in [-0.2, 0) is 18.6 Å². The molecule has 2 aliphatic heterocycles. The van der Waals surface area contributed by atoms with Gasteiger partial charge in [-0.3, -0.25) is 0 Å². The molecule has 27 heavy (non-hydrogen) atoms. The van der Waals surface area contributed by atoms with Crippen LogP contribution < -0.4 is 0 Å². The average Bonchev–Trinajstić information content (AvgIpc) is 2.77. The molecule has 0 aromatic heterocycles. The van der Waals surface area contributed by atoms with Crippen molar-refractivity contribution >= 4 is 14.2 Å². The van der Waals surface area contributed by atoms with Gasteiger partial charge in [0, 0.05) is 0 Å². The van der Waals surface area contributed by atoms with E-state index in [0.717, 1.165) is 6.42 Å². The SMILES string of the molecule is CC(C)[C@@H](C[C@@H](B1OC(C)(C)C(C)(C)O1)C(C)C)B1OC(C)(C)C(C)(C)O1. The minimum atomic E-state index is -0.303. The maximum atomic E-state index is 6.41. The van der Waals surface area contributed by atoms with Crippen LogP contribution in [0, 0.1) is 11.8 Å². The lowest BCUT2D eigenvalue weighted by Crippen LogP contribution is -2.41. The lowest BCUT2D eigenvalue weighted by atomic mass is 9.54. The molecule has 2 aliphatic rings. The summed E-state index contributed by atoms with van der Waals surface area (Å²) in [6.07, 6.45) is 0.961. The molecule has 6 heteroatoms. The Hall–Kier alpha value is -0.0301. The fourth-order valence-corrected chi connectivity index (χ4v) is 3.84. The smallest absolute Gasteiger partial charge is 0.403 e. The molecule has 0 spiro atoms. The number of hydrogen-bond donors (Lipinski definition) is 0. The molecule has 0 saturated carbocycles. The van der Waals surface area contributed by atoms with Gasteiger partial charge in [0.15, 0.2) is 0 Å². The van der Waals surface area contributed by atoms with Crippen LogP contribution in [0.5, 0.6) is 0 Å². The van der Waals surface area contributed by atoms with Crippen molar-refractivity contribution in [1.82, 2.24) is 0 Å². The maximum absolute atomic E-state index is 6.41. The summed E-state index contributed by atoms with van der Waals surface area (Å²) in [4.78, 5) is 0. The van der Waals surface area contributed by atoms with E-state index < -0.39 is 0 Å². The first kappa shape index (κ1) is 23.3. The van der Waals surface area contributed by atoms with Crippen molar-refractivity contribution in [3.05, 3.63) is 0 Å². The molecule has 0 unspecified atom stereocenters. The third kappa shape index (κ3) is 4.44. The molecule has 156 valence electrons. The van der Waals surface area contributed by atoms with Gasteiger partial charge in [0.1, 0.15) is 0 Å². The monoisotopic (exact) mass is 380 g/mol. The van der Waals surface area contributed by atoms with E-state index in [-0.39, 0.29) is 48.3 Å². The third-order valence-electron chi connectivity index (χ3n) is 7.50. The van der Waals surface area contributed by atoms with Gasteiger partial charge in [-0.25, -0.2) is 0 Å². The van der Waals surface area contributed by atoms with Crippen LogP contribution in [0.3, 0.4) is 0 Å². The van der Waals surface area contributed by atoms with Gasteiger partial charge in [-0.05, 0) is 78.9 Å². The van der Waals surface area contributed by atoms with Crippen molar-refractivity contribution in [3.8, 4) is 0 Å². The summed E-state index contributed by atoms with van der Waals surface area (Å²) >= 11 is 0. The standard InChI is InChI=1S/C21H42B2O4/c1-14(2)16(22-24-18(5,6)19(7,8)25-22)13-17(15(3)4)23-26-20(9,10)21(11,12)27-23/h14-17H,13H2,1-12H3/t16-,17-/m1/s1. The van der Waals surface area contributed by atoms with Crippen molar-refractivity contribution in [2.75, 3.05) is 0 Å². The van der Waals surface area contributed by atoms with E-state index >= 15 is 0 Å². The molecule has 2 rings (SSSR count). The molecule has 2 saturated heterocycles. The molecule has 0 aromatic carbocycles. The van der Waals surface area contributed by atoms with Crippen molar-refractivity contribution in [1.29, 1.82) is 0 Å². The van der Waals surface area contributed by atoms with Gasteiger partial charge in [0.25, 0.3) is 0 Å². The van der Waals surface area contributed by atoms with Gasteiger partial charge in [0.05, 0.1) is 22.4 Å². The fourth-order valence-electron chi connectivity index (χ4n) is 3.84. The van der Waals surface area contributed by atoms with E-state index in [9.17, 15) is 0 Å². The summed E-state index contributed by atoms with van der Waals surface area (Å²) in [6.45, 7) is 26.0. The number of hydrogen-bond acceptors (Lipinski definition) is 4. The molecule has 0 aromatic rings. The van der Waals surface area contributed by atoms with Crippen LogP contribution in [0.4, 0.5) is 0 Å². The zero-order chi connectivity index (χ0) is 21.0.